The van der Waals surface area contributed by atoms with Crippen LogP contribution in [0.15, 0.2) is 42.5 Å². The maximum Gasteiger partial charge on any atom is 0.169 e. The lowest BCUT2D eigenvalue weighted by Gasteiger charge is -2.26. The molecule has 0 atom stereocenters. The van der Waals surface area contributed by atoms with Gasteiger partial charge in [0.1, 0.15) is 17.2 Å². The van der Waals surface area contributed by atoms with Gasteiger partial charge in [-0.3, -0.25) is 0 Å². The Labute approximate surface area is 172 Å². The molecule has 0 spiro atoms. The van der Waals surface area contributed by atoms with Crippen LogP contribution in [0.3, 0.4) is 0 Å². The second-order valence-electron chi connectivity index (χ2n) is 6.15. The molecular formula is C21H28N2O4S. The van der Waals surface area contributed by atoms with Crippen molar-refractivity contribution < 1.29 is 19.3 Å². The van der Waals surface area contributed by atoms with Gasteiger partial charge in [0.05, 0.1) is 27.9 Å². The first-order chi connectivity index (χ1) is 13.6. The summed E-state index contributed by atoms with van der Waals surface area (Å²) in [6, 6.07) is 13.6. The van der Waals surface area contributed by atoms with Crippen LogP contribution in [0.5, 0.6) is 17.2 Å². The summed E-state index contributed by atoms with van der Waals surface area (Å²) in [5.74, 6) is 2.30. The molecule has 2 rings (SSSR count). The molecule has 0 aromatic heterocycles. The topological polar surface area (TPSA) is 63.2 Å². The van der Waals surface area contributed by atoms with Crippen LogP contribution in [-0.4, -0.2) is 56.1 Å². The number of aliphatic hydroxyl groups excluding tert-OH is 1. The van der Waals surface area contributed by atoms with Crippen LogP contribution >= 0.6 is 12.2 Å². The van der Waals surface area contributed by atoms with Crippen LogP contribution in [0, 0.1) is 0 Å². The van der Waals surface area contributed by atoms with Gasteiger partial charge in [0.15, 0.2) is 5.11 Å². The van der Waals surface area contributed by atoms with Crippen molar-refractivity contribution in [2.45, 2.75) is 13.0 Å². The molecule has 0 aliphatic heterocycles. The van der Waals surface area contributed by atoms with Gasteiger partial charge in [0.2, 0.25) is 0 Å². The van der Waals surface area contributed by atoms with Crippen molar-refractivity contribution >= 4 is 17.3 Å². The maximum absolute atomic E-state index is 9.43. The van der Waals surface area contributed by atoms with Crippen molar-refractivity contribution in [1.82, 2.24) is 10.2 Å². The van der Waals surface area contributed by atoms with Crippen LogP contribution in [-0.2, 0) is 13.0 Å². The number of thiocarbonyl (C=S) groups is 1. The van der Waals surface area contributed by atoms with Crippen LogP contribution in [0.2, 0.25) is 0 Å². The molecule has 0 saturated heterocycles. The molecule has 0 heterocycles. The van der Waals surface area contributed by atoms with Gasteiger partial charge in [-0.1, -0.05) is 12.1 Å². The highest BCUT2D eigenvalue weighted by Crippen LogP contribution is 2.25. The molecule has 0 saturated carbocycles. The minimum absolute atomic E-state index is 0.0127. The predicted octanol–water partition coefficient (Wildman–Crippen LogP) is 2.62. The van der Waals surface area contributed by atoms with Gasteiger partial charge in [-0.2, -0.15) is 0 Å². The Morgan fingerprint density at radius 1 is 1.00 bits per heavy atom. The SMILES string of the molecule is COc1ccc(CCNC(=S)N(CCO)Cc2ccc(OC)cc2OC)cc1. The zero-order valence-electron chi connectivity index (χ0n) is 16.6. The fourth-order valence-electron chi connectivity index (χ4n) is 2.78. The third-order valence-corrected chi connectivity index (χ3v) is 4.76. The Morgan fingerprint density at radius 3 is 2.29 bits per heavy atom. The summed E-state index contributed by atoms with van der Waals surface area (Å²) in [5, 5.41) is 13.3. The first-order valence-electron chi connectivity index (χ1n) is 9.08. The second-order valence-corrected chi connectivity index (χ2v) is 6.54. The van der Waals surface area contributed by atoms with Crippen LogP contribution in [0.4, 0.5) is 0 Å². The van der Waals surface area contributed by atoms with Crippen molar-refractivity contribution in [3.05, 3.63) is 53.6 Å². The Kier molecular flexibility index (Phi) is 8.84. The van der Waals surface area contributed by atoms with E-state index in [9.17, 15) is 5.11 Å². The highest BCUT2D eigenvalue weighted by molar-refractivity contribution is 7.80. The third kappa shape index (κ3) is 6.28. The molecule has 2 N–H and O–H groups in total. The van der Waals surface area contributed by atoms with Gasteiger partial charge in [-0.15, -0.1) is 0 Å². The van der Waals surface area contributed by atoms with Crippen LogP contribution in [0.1, 0.15) is 11.1 Å². The lowest BCUT2D eigenvalue weighted by molar-refractivity contribution is 0.244. The number of aliphatic hydroxyl groups is 1. The first kappa shape index (κ1) is 21.8. The number of hydrogen-bond acceptors (Lipinski definition) is 5. The van der Waals surface area contributed by atoms with Crippen molar-refractivity contribution in [2.75, 3.05) is 41.0 Å². The van der Waals surface area contributed by atoms with Gasteiger partial charge in [-0.05, 0) is 48.5 Å². The molecule has 2 aromatic rings. The molecule has 7 heteroatoms. The minimum atomic E-state index is 0.0127. The Morgan fingerprint density at radius 2 is 1.68 bits per heavy atom. The Bertz CT molecular complexity index is 753. The van der Waals surface area contributed by atoms with Crippen molar-refractivity contribution in [3.63, 3.8) is 0 Å². The zero-order chi connectivity index (χ0) is 20.4. The molecule has 152 valence electrons. The molecular weight excluding hydrogens is 376 g/mol. The van der Waals surface area contributed by atoms with E-state index in [0.29, 0.717) is 24.7 Å². The van der Waals surface area contributed by atoms with E-state index in [1.165, 1.54) is 5.56 Å². The molecule has 0 bridgehead atoms. The standard InChI is InChI=1S/C21H28N2O4S/c1-25-18-7-4-16(5-8-18)10-11-22-21(28)23(12-13-24)15-17-6-9-19(26-2)14-20(17)27-3/h4-9,14,24H,10-13,15H2,1-3H3,(H,22,28). The number of hydrogen-bond donors (Lipinski definition) is 2. The molecule has 0 radical (unpaired) electrons. The third-order valence-electron chi connectivity index (χ3n) is 4.36. The van der Waals surface area contributed by atoms with E-state index in [0.717, 1.165) is 29.2 Å². The predicted molar refractivity (Wildman–Crippen MR) is 114 cm³/mol. The number of benzene rings is 2. The fraction of sp³-hybridized carbons (Fsp3) is 0.381. The van der Waals surface area contributed by atoms with Crippen molar-refractivity contribution in [3.8, 4) is 17.2 Å². The smallest absolute Gasteiger partial charge is 0.169 e. The van der Waals surface area contributed by atoms with Gasteiger partial charge >= 0.3 is 0 Å². The summed E-state index contributed by atoms with van der Waals surface area (Å²) < 4.78 is 15.9. The fourth-order valence-corrected chi connectivity index (χ4v) is 3.04. The quantitative estimate of drug-likeness (QED) is 0.590. The van der Waals surface area contributed by atoms with E-state index >= 15 is 0 Å². The average molecular weight is 405 g/mol. The van der Waals surface area contributed by atoms with E-state index < -0.39 is 0 Å². The molecule has 0 fully saturated rings. The minimum Gasteiger partial charge on any atom is -0.497 e. The molecule has 0 amide bonds. The molecule has 0 unspecified atom stereocenters. The van der Waals surface area contributed by atoms with Gasteiger partial charge in [0, 0.05) is 31.3 Å². The highest BCUT2D eigenvalue weighted by Gasteiger charge is 2.13. The van der Waals surface area contributed by atoms with Crippen LogP contribution in [0.25, 0.3) is 0 Å². The molecule has 0 aliphatic carbocycles. The highest BCUT2D eigenvalue weighted by atomic mass is 32.1. The summed E-state index contributed by atoms with van der Waals surface area (Å²) in [6.45, 7) is 1.68. The lowest BCUT2D eigenvalue weighted by atomic mass is 10.1. The monoisotopic (exact) mass is 404 g/mol. The van der Waals surface area contributed by atoms with Gasteiger partial charge in [-0.25, -0.2) is 0 Å². The summed E-state index contributed by atoms with van der Waals surface area (Å²) in [7, 11) is 4.90. The summed E-state index contributed by atoms with van der Waals surface area (Å²) in [4.78, 5) is 1.92. The number of methoxy groups -OCH3 is 3. The zero-order valence-corrected chi connectivity index (χ0v) is 17.4. The van der Waals surface area contributed by atoms with Crippen molar-refractivity contribution in [1.29, 1.82) is 0 Å². The molecule has 2 aromatic carbocycles. The lowest BCUT2D eigenvalue weighted by Crippen LogP contribution is -2.41. The van der Waals surface area contributed by atoms with E-state index in [2.05, 4.69) is 5.32 Å². The summed E-state index contributed by atoms with van der Waals surface area (Å²) in [6.07, 6.45) is 0.836. The summed E-state index contributed by atoms with van der Waals surface area (Å²) in [5.41, 5.74) is 2.16. The molecule has 6 nitrogen and oxygen atoms in total. The molecule has 0 aliphatic rings. The van der Waals surface area contributed by atoms with E-state index in [1.54, 1.807) is 21.3 Å². The first-order valence-corrected chi connectivity index (χ1v) is 9.49. The maximum atomic E-state index is 9.43. The Hall–Kier alpha value is -2.51. The normalized spacial score (nSPS) is 10.3. The van der Waals surface area contributed by atoms with E-state index in [1.807, 2.05) is 47.4 Å². The average Bonchev–Trinajstić information content (AvgIpc) is 2.74. The Balaban J connectivity index is 1.95. The van der Waals surface area contributed by atoms with Crippen molar-refractivity contribution in [2.24, 2.45) is 0 Å². The van der Waals surface area contributed by atoms with Gasteiger partial charge < -0.3 is 29.5 Å². The molecule has 28 heavy (non-hydrogen) atoms. The van der Waals surface area contributed by atoms with E-state index in [-0.39, 0.29) is 6.61 Å². The number of ether oxygens (including phenoxy) is 3. The summed E-state index contributed by atoms with van der Waals surface area (Å²) >= 11 is 5.54. The largest absolute Gasteiger partial charge is 0.497 e. The second kappa shape index (κ2) is 11.4. The van der Waals surface area contributed by atoms with Gasteiger partial charge in [0.25, 0.3) is 0 Å². The number of nitrogens with one attached hydrogen (secondary N) is 1. The van der Waals surface area contributed by atoms with Crippen LogP contribution < -0.4 is 19.5 Å². The van der Waals surface area contributed by atoms with E-state index in [4.69, 9.17) is 26.4 Å². The number of nitrogens with zero attached hydrogens (tertiary/aromatic N) is 1. The number of rotatable bonds is 10.